The Morgan fingerprint density at radius 3 is 2.15 bits per heavy atom. The topological polar surface area (TPSA) is 38.9 Å². The largest absolute Gasteiger partial charge is 0.375 e. The van der Waals surface area contributed by atoms with Gasteiger partial charge in [-0.3, -0.25) is 0 Å². The Bertz CT molecular complexity index is 705. The second-order valence-electron chi connectivity index (χ2n) is 4.25. The number of anilines is 1. The molecule has 0 aliphatic carbocycles. The van der Waals surface area contributed by atoms with E-state index in [-0.39, 0.29) is 11.6 Å². The van der Waals surface area contributed by atoms with E-state index in [2.05, 4.69) is 4.98 Å². The molecule has 0 aliphatic heterocycles. The third-order valence-corrected chi connectivity index (χ3v) is 3.76. The molecule has 20 heavy (non-hydrogen) atoms. The monoisotopic (exact) mass is 288 g/mol. The number of nitrogen functional groups attached to an aromatic ring is 1. The molecule has 0 amide bonds. The Balaban J connectivity index is 2.18. The van der Waals surface area contributed by atoms with Crippen molar-refractivity contribution in [1.29, 1.82) is 0 Å². The Kier molecular flexibility index (Phi) is 3.20. The summed E-state index contributed by atoms with van der Waals surface area (Å²) in [6.45, 7) is 0. The van der Waals surface area contributed by atoms with Gasteiger partial charge < -0.3 is 5.73 Å². The molecular formula is C15H10F2N2S. The average Bonchev–Trinajstić information content (AvgIpc) is 2.81. The minimum atomic E-state index is -0.348. The number of hydrogen-bond donors (Lipinski definition) is 1. The minimum Gasteiger partial charge on any atom is -0.375 e. The molecule has 0 saturated heterocycles. The molecule has 0 bridgehead atoms. The third-order valence-electron chi connectivity index (χ3n) is 2.83. The number of halogens is 2. The molecule has 2 N–H and O–H groups in total. The van der Waals surface area contributed by atoms with Gasteiger partial charge >= 0.3 is 0 Å². The summed E-state index contributed by atoms with van der Waals surface area (Å²) in [6, 6.07) is 12.3. The molecule has 0 aliphatic rings. The van der Waals surface area contributed by atoms with Crippen LogP contribution in [0.1, 0.15) is 0 Å². The summed E-state index contributed by atoms with van der Waals surface area (Å²) in [4.78, 5) is 4.96. The summed E-state index contributed by atoms with van der Waals surface area (Å²) in [5.41, 5.74) is 7.62. The molecule has 0 saturated carbocycles. The number of aromatic nitrogens is 1. The highest BCUT2D eigenvalue weighted by atomic mass is 32.1. The maximum absolute atomic E-state index is 13.4. The smallest absolute Gasteiger partial charge is 0.181 e. The van der Waals surface area contributed by atoms with Crippen molar-refractivity contribution in [3.8, 4) is 21.7 Å². The van der Waals surface area contributed by atoms with Crippen molar-refractivity contribution in [2.75, 3.05) is 5.73 Å². The first-order valence-corrected chi connectivity index (χ1v) is 6.73. The molecule has 5 heteroatoms. The molecule has 0 spiro atoms. The van der Waals surface area contributed by atoms with E-state index in [1.165, 1.54) is 35.6 Å². The van der Waals surface area contributed by atoms with Crippen molar-refractivity contribution in [2.45, 2.75) is 0 Å². The summed E-state index contributed by atoms with van der Waals surface area (Å²) < 4.78 is 26.7. The van der Waals surface area contributed by atoms with Crippen LogP contribution in [0.5, 0.6) is 0 Å². The van der Waals surface area contributed by atoms with Gasteiger partial charge in [-0.15, -0.1) is 0 Å². The quantitative estimate of drug-likeness (QED) is 0.762. The zero-order chi connectivity index (χ0) is 14.1. The summed E-state index contributed by atoms with van der Waals surface area (Å²) >= 11 is 1.25. The maximum atomic E-state index is 13.4. The maximum Gasteiger partial charge on any atom is 0.181 e. The van der Waals surface area contributed by atoms with Crippen molar-refractivity contribution in [2.24, 2.45) is 0 Å². The fourth-order valence-corrected chi connectivity index (χ4v) is 2.84. The van der Waals surface area contributed by atoms with E-state index in [0.717, 1.165) is 4.88 Å². The number of benzene rings is 2. The standard InChI is InChI=1S/C15H10F2N2S/c16-11-5-1-3-9(7-11)13-14(20-15(18)19-13)10-4-2-6-12(17)8-10/h1-8H,(H2,18,19). The van der Waals surface area contributed by atoms with Gasteiger partial charge in [-0.05, 0) is 29.8 Å². The Labute approximate surface area is 118 Å². The average molecular weight is 288 g/mol. The molecule has 0 unspecified atom stereocenters. The van der Waals surface area contributed by atoms with Crippen LogP contribution in [-0.4, -0.2) is 4.98 Å². The van der Waals surface area contributed by atoms with E-state index < -0.39 is 0 Å². The van der Waals surface area contributed by atoms with Crippen LogP contribution >= 0.6 is 11.3 Å². The van der Waals surface area contributed by atoms with Crippen molar-refractivity contribution in [3.63, 3.8) is 0 Å². The Hall–Kier alpha value is -2.27. The second kappa shape index (κ2) is 5.02. The lowest BCUT2D eigenvalue weighted by Gasteiger charge is -2.03. The number of hydrogen-bond acceptors (Lipinski definition) is 3. The molecule has 1 heterocycles. The van der Waals surface area contributed by atoms with Crippen LogP contribution < -0.4 is 5.73 Å². The molecule has 2 nitrogen and oxygen atoms in total. The van der Waals surface area contributed by atoms with Gasteiger partial charge in [0.15, 0.2) is 5.13 Å². The SMILES string of the molecule is Nc1nc(-c2cccc(F)c2)c(-c2cccc(F)c2)s1. The first-order chi connectivity index (χ1) is 9.63. The zero-order valence-electron chi connectivity index (χ0n) is 10.3. The molecular weight excluding hydrogens is 278 g/mol. The van der Waals surface area contributed by atoms with E-state index in [1.54, 1.807) is 24.3 Å². The van der Waals surface area contributed by atoms with Gasteiger partial charge in [0.1, 0.15) is 11.6 Å². The summed E-state index contributed by atoms with van der Waals surface area (Å²) in [6.07, 6.45) is 0. The van der Waals surface area contributed by atoms with Crippen molar-refractivity contribution >= 4 is 16.5 Å². The van der Waals surface area contributed by atoms with Gasteiger partial charge in [0.25, 0.3) is 0 Å². The molecule has 0 atom stereocenters. The van der Waals surface area contributed by atoms with E-state index in [4.69, 9.17) is 5.73 Å². The number of nitrogens with zero attached hydrogens (tertiary/aromatic N) is 1. The van der Waals surface area contributed by atoms with E-state index in [0.29, 0.717) is 22.0 Å². The number of rotatable bonds is 2. The molecule has 3 rings (SSSR count). The van der Waals surface area contributed by atoms with Crippen LogP contribution in [0.15, 0.2) is 48.5 Å². The molecule has 1 aromatic heterocycles. The molecule has 2 aromatic carbocycles. The summed E-state index contributed by atoms with van der Waals surface area (Å²) in [5, 5.41) is 0.364. The van der Waals surface area contributed by atoms with Crippen molar-refractivity contribution in [3.05, 3.63) is 60.2 Å². The Morgan fingerprint density at radius 1 is 0.900 bits per heavy atom. The normalized spacial score (nSPS) is 10.7. The van der Waals surface area contributed by atoms with Crippen LogP contribution in [-0.2, 0) is 0 Å². The molecule has 3 aromatic rings. The fraction of sp³-hybridized carbons (Fsp3) is 0. The highest BCUT2D eigenvalue weighted by molar-refractivity contribution is 7.19. The first kappa shape index (κ1) is 12.7. The van der Waals surface area contributed by atoms with Crippen molar-refractivity contribution in [1.82, 2.24) is 4.98 Å². The van der Waals surface area contributed by atoms with Crippen molar-refractivity contribution < 1.29 is 8.78 Å². The predicted octanol–water partition coefficient (Wildman–Crippen LogP) is 4.34. The lowest BCUT2D eigenvalue weighted by atomic mass is 10.1. The zero-order valence-corrected chi connectivity index (χ0v) is 11.1. The van der Waals surface area contributed by atoms with Gasteiger partial charge in [-0.2, -0.15) is 0 Å². The number of thiazole rings is 1. The van der Waals surface area contributed by atoms with E-state index in [1.807, 2.05) is 0 Å². The molecule has 100 valence electrons. The third kappa shape index (κ3) is 2.40. The Morgan fingerprint density at radius 2 is 1.50 bits per heavy atom. The minimum absolute atomic E-state index is 0.334. The lowest BCUT2D eigenvalue weighted by molar-refractivity contribution is 0.627. The van der Waals surface area contributed by atoms with Gasteiger partial charge in [0.2, 0.25) is 0 Å². The highest BCUT2D eigenvalue weighted by Crippen LogP contribution is 2.38. The van der Waals surface area contributed by atoms with E-state index >= 15 is 0 Å². The van der Waals surface area contributed by atoms with E-state index in [9.17, 15) is 8.78 Å². The fourth-order valence-electron chi connectivity index (χ4n) is 1.99. The molecule has 0 radical (unpaired) electrons. The second-order valence-corrected chi connectivity index (χ2v) is 5.28. The van der Waals surface area contributed by atoms with Gasteiger partial charge in [0.05, 0.1) is 10.6 Å². The first-order valence-electron chi connectivity index (χ1n) is 5.91. The predicted molar refractivity (Wildman–Crippen MR) is 77.3 cm³/mol. The van der Waals surface area contributed by atoms with Crippen LogP contribution in [0.3, 0.4) is 0 Å². The van der Waals surface area contributed by atoms with Gasteiger partial charge in [-0.25, -0.2) is 13.8 Å². The van der Waals surface area contributed by atoms with Crippen LogP contribution in [0.4, 0.5) is 13.9 Å². The summed E-state index contributed by atoms with van der Waals surface area (Å²) in [5.74, 6) is -0.682. The number of nitrogens with two attached hydrogens (primary N) is 1. The highest BCUT2D eigenvalue weighted by Gasteiger charge is 2.14. The lowest BCUT2D eigenvalue weighted by Crippen LogP contribution is -1.86. The van der Waals surface area contributed by atoms with Crippen LogP contribution in [0, 0.1) is 11.6 Å². The van der Waals surface area contributed by atoms with Gasteiger partial charge in [0, 0.05) is 5.56 Å². The van der Waals surface area contributed by atoms with Crippen LogP contribution in [0.25, 0.3) is 21.7 Å². The van der Waals surface area contributed by atoms with Gasteiger partial charge in [-0.1, -0.05) is 35.6 Å². The van der Waals surface area contributed by atoms with Crippen LogP contribution in [0.2, 0.25) is 0 Å². The summed E-state index contributed by atoms with van der Waals surface area (Å²) in [7, 11) is 0. The molecule has 0 fully saturated rings.